The van der Waals surface area contributed by atoms with Gasteiger partial charge in [0.1, 0.15) is 5.75 Å². The third-order valence-electron chi connectivity index (χ3n) is 6.07. The fourth-order valence-electron chi connectivity index (χ4n) is 4.72. The quantitative estimate of drug-likeness (QED) is 0.289. The van der Waals surface area contributed by atoms with Crippen LogP contribution in [-0.2, 0) is 19.0 Å². The summed E-state index contributed by atoms with van der Waals surface area (Å²) in [5.74, 6) is 2.79. The minimum absolute atomic E-state index is 0.0573. The van der Waals surface area contributed by atoms with E-state index in [1.54, 1.807) is 19.2 Å². The summed E-state index contributed by atoms with van der Waals surface area (Å²) in [6, 6.07) is 3.46. The van der Waals surface area contributed by atoms with Crippen molar-refractivity contribution < 1.29 is 33.6 Å². The Balaban J connectivity index is 2.07. The highest BCUT2D eigenvalue weighted by Crippen LogP contribution is 2.48. The van der Waals surface area contributed by atoms with E-state index in [0.717, 1.165) is 24.8 Å². The number of terminal acetylenes is 1. The lowest BCUT2D eigenvalue weighted by atomic mass is 9.74. The minimum atomic E-state index is -1.36. The first kappa shape index (κ1) is 25.1. The molecular formula is C24H28BrNO7. The molecule has 8 nitrogen and oxygen atoms in total. The van der Waals surface area contributed by atoms with Crippen LogP contribution >= 0.6 is 15.9 Å². The van der Waals surface area contributed by atoms with Gasteiger partial charge in [0.2, 0.25) is 0 Å². The number of methoxy groups -OCH3 is 2. The summed E-state index contributed by atoms with van der Waals surface area (Å²) in [4.78, 5) is 24.4. The maximum absolute atomic E-state index is 13.4. The molecule has 2 atom stereocenters. The van der Waals surface area contributed by atoms with E-state index in [1.807, 2.05) is 0 Å². The monoisotopic (exact) mass is 521 g/mol. The molecule has 0 saturated heterocycles. The molecule has 33 heavy (non-hydrogen) atoms. The number of hydrogen-bond donors (Lipinski definition) is 2. The second-order valence-electron chi connectivity index (χ2n) is 8.02. The van der Waals surface area contributed by atoms with Crippen LogP contribution in [0.15, 0.2) is 22.2 Å². The number of nitrogens with one attached hydrogen (secondary N) is 1. The first-order valence-electron chi connectivity index (χ1n) is 10.7. The van der Waals surface area contributed by atoms with Gasteiger partial charge in [-0.2, -0.15) is 0 Å². The van der Waals surface area contributed by atoms with E-state index < -0.39 is 11.7 Å². The van der Waals surface area contributed by atoms with E-state index in [4.69, 9.17) is 30.5 Å². The Labute approximate surface area is 201 Å². The second kappa shape index (κ2) is 11.1. The molecule has 0 aromatic heterocycles. The molecule has 178 valence electrons. The first-order chi connectivity index (χ1) is 15.8. The maximum Gasteiger partial charge on any atom is 0.505 e. The van der Waals surface area contributed by atoms with Gasteiger partial charge >= 0.3 is 6.16 Å². The molecule has 1 aromatic carbocycles. The zero-order chi connectivity index (χ0) is 24.0. The number of amides is 1. The summed E-state index contributed by atoms with van der Waals surface area (Å²) >= 11 is 3.55. The number of carbonyl (C=O) groups excluding carboxylic acids is 1. The second-order valence-corrected chi connectivity index (χ2v) is 8.87. The van der Waals surface area contributed by atoms with Crippen molar-refractivity contribution in [1.29, 1.82) is 0 Å². The lowest BCUT2D eigenvalue weighted by Gasteiger charge is -2.40. The Bertz CT molecular complexity index is 984. The molecule has 3 rings (SSSR count). The van der Waals surface area contributed by atoms with Crippen molar-refractivity contribution in [2.75, 3.05) is 34.0 Å². The normalized spacial score (nSPS) is 22.2. The fourth-order valence-corrected chi connectivity index (χ4v) is 5.36. The van der Waals surface area contributed by atoms with E-state index >= 15 is 0 Å². The fraction of sp³-hybridized carbons (Fsp3) is 0.500. The molecule has 1 heterocycles. The van der Waals surface area contributed by atoms with Crippen molar-refractivity contribution >= 4 is 33.6 Å². The summed E-state index contributed by atoms with van der Waals surface area (Å²) < 4.78 is 22.1. The Morgan fingerprint density at radius 3 is 2.79 bits per heavy atom. The van der Waals surface area contributed by atoms with E-state index in [0.29, 0.717) is 46.6 Å². The van der Waals surface area contributed by atoms with E-state index in [1.165, 1.54) is 7.11 Å². The molecule has 1 fully saturated rings. The Hall–Kier alpha value is -2.54. The molecule has 1 aliphatic carbocycles. The molecule has 1 amide bonds. The predicted octanol–water partition coefficient (Wildman–Crippen LogP) is 3.75. The van der Waals surface area contributed by atoms with Gasteiger partial charge in [-0.25, -0.2) is 4.79 Å². The van der Waals surface area contributed by atoms with Gasteiger partial charge in [0.15, 0.2) is 0 Å². The minimum Gasteiger partial charge on any atom is -0.496 e. The van der Waals surface area contributed by atoms with Gasteiger partial charge < -0.3 is 29.4 Å². The van der Waals surface area contributed by atoms with Gasteiger partial charge in [-0.15, -0.1) is 6.42 Å². The molecule has 1 aromatic rings. The highest BCUT2D eigenvalue weighted by Gasteiger charge is 2.48. The van der Waals surface area contributed by atoms with Crippen molar-refractivity contribution in [2.45, 2.75) is 43.7 Å². The largest absolute Gasteiger partial charge is 0.505 e. The lowest BCUT2D eigenvalue weighted by Crippen LogP contribution is -2.50. The van der Waals surface area contributed by atoms with Gasteiger partial charge in [-0.1, -0.05) is 5.92 Å². The van der Waals surface area contributed by atoms with Crippen LogP contribution in [0.3, 0.4) is 0 Å². The highest BCUT2D eigenvalue weighted by atomic mass is 79.9. The topological polar surface area (TPSA) is 103 Å². The summed E-state index contributed by atoms with van der Waals surface area (Å²) in [7, 11) is 3.14. The van der Waals surface area contributed by atoms with Crippen molar-refractivity contribution in [2.24, 2.45) is 0 Å². The van der Waals surface area contributed by atoms with Crippen molar-refractivity contribution in [1.82, 2.24) is 5.32 Å². The third-order valence-corrected chi connectivity index (χ3v) is 6.70. The molecule has 9 heteroatoms. The van der Waals surface area contributed by atoms with Crippen LogP contribution in [0.2, 0.25) is 0 Å². The smallest absolute Gasteiger partial charge is 0.496 e. The van der Waals surface area contributed by atoms with Crippen LogP contribution < -0.4 is 10.1 Å². The summed E-state index contributed by atoms with van der Waals surface area (Å²) in [5, 5.41) is 12.2. The average molecular weight is 522 g/mol. The third kappa shape index (κ3) is 5.52. The van der Waals surface area contributed by atoms with Gasteiger partial charge in [0, 0.05) is 35.6 Å². The molecule has 2 unspecified atom stereocenters. The van der Waals surface area contributed by atoms with Crippen LogP contribution in [0.5, 0.6) is 5.75 Å². The molecule has 1 saturated carbocycles. The SMILES string of the molecule is C#Cc1cc(Br)c(C2=C(CCOC(=O)O)C3(CCCC(OCCOC)C3)NC2=O)c(OC)c1. The number of benzene rings is 1. The van der Waals surface area contributed by atoms with Crippen molar-refractivity contribution in [3.8, 4) is 18.1 Å². The van der Waals surface area contributed by atoms with E-state index in [2.05, 4.69) is 27.2 Å². The number of hydrogen-bond acceptors (Lipinski definition) is 6. The van der Waals surface area contributed by atoms with Gasteiger partial charge in [-0.3, -0.25) is 4.79 Å². The average Bonchev–Trinajstić information content (AvgIpc) is 3.03. The maximum atomic E-state index is 13.4. The van der Waals surface area contributed by atoms with Gasteiger partial charge in [0.05, 0.1) is 44.1 Å². The molecule has 0 radical (unpaired) electrons. The summed E-state index contributed by atoms with van der Waals surface area (Å²) in [6.45, 7) is 0.885. The number of rotatable bonds is 9. The van der Waals surface area contributed by atoms with Gasteiger partial charge in [-0.05, 0) is 52.9 Å². The number of carboxylic acid groups (broad SMARTS) is 1. The van der Waals surface area contributed by atoms with Crippen LogP contribution in [-0.4, -0.2) is 62.9 Å². The van der Waals surface area contributed by atoms with Gasteiger partial charge in [0.25, 0.3) is 5.91 Å². The van der Waals surface area contributed by atoms with Crippen LogP contribution in [0.4, 0.5) is 4.79 Å². The van der Waals surface area contributed by atoms with Crippen LogP contribution in [0, 0.1) is 12.3 Å². The predicted molar refractivity (Wildman–Crippen MR) is 125 cm³/mol. The Kier molecular flexibility index (Phi) is 8.40. The lowest BCUT2D eigenvalue weighted by molar-refractivity contribution is -0.117. The molecular weight excluding hydrogens is 494 g/mol. The van der Waals surface area contributed by atoms with Crippen molar-refractivity contribution in [3.63, 3.8) is 0 Å². The van der Waals surface area contributed by atoms with Crippen LogP contribution in [0.1, 0.15) is 43.2 Å². The first-order valence-corrected chi connectivity index (χ1v) is 11.5. The standard InChI is InChI=1S/C24H28BrNO7/c1-4-15-12-18(25)21(19(13-15)31-3)20-17(7-9-33-23(28)29)24(26-22(20)27)8-5-6-16(14-24)32-11-10-30-2/h1,12-13,16H,5-11,14H2,2-3H3,(H,26,27)(H,28,29). The summed E-state index contributed by atoms with van der Waals surface area (Å²) in [6.07, 6.45) is 7.43. The van der Waals surface area contributed by atoms with E-state index in [-0.39, 0.29) is 25.0 Å². The van der Waals surface area contributed by atoms with Crippen molar-refractivity contribution in [3.05, 3.63) is 33.3 Å². The number of carbonyl (C=O) groups is 2. The number of ether oxygens (including phenoxy) is 4. The van der Waals surface area contributed by atoms with E-state index in [9.17, 15) is 9.59 Å². The zero-order valence-electron chi connectivity index (χ0n) is 18.7. The number of halogens is 1. The summed E-state index contributed by atoms with van der Waals surface area (Å²) in [5.41, 5.74) is 1.78. The molecule has 1 aliphatic heterocycles. The molecule has 2 N–H and O–H groups in total. The Morgan fingerprint density at radius 2 is 2.12 bits per heavy atom. The van der Waals surface area contributed by atoms with Crippen LogP contribution in [0.25, 0.3) is 5.57 Å². The highest BCUT2D eigenvalue weighted by molar-refractivity contribution is 9.10. The zero-order valence-corrected chi connectivity index (χ0v) is 20.3. The Morgan fingerprint density at radius 1 is 1.33 bits per heavy atom. The molecule has 0 bridgehead atoms. The molecule has 2 aliphatic rings. The molecule has 1 spiro atoms.